The topological polar surface area (TPSA) is 61.8 Å². The predicted octanol–water partition coefficient (Wildman–Crippen LogP) is 2.14. The summed E-state index contributed by atoms with van der Waals surface area (Å²) in [6.45, 7) is 1.25. The molecule has 0 aliphatic carbocycles. The Morgan fingerprint density at radius 2 is 1.90 bits per heavy atom. The van der Waals surface area contributed by atoms with Crippen molar-refractivity contribution in [2.45, 2.75) is 12.8 Å². The van der Waals surface area contributed by atoms with Gasteiger partial charge in [0.05, 0.1) is 32.0 Å². The zero-order valence-electron chi connectivity index (χ0n) is 11.2. The van der Waals surface area contributed by atoms with Crippen molar-refractivity contribution in [1.29, 1.82) is 0 Å². The zero-order valence-corrected chi connectivity index (χ0v) is 11.2. The molecule has 7 heteroatoms. The predicted molar refractivity (Wildman–Crippen MR) is 64.9 cm³/mol. The Morgan fingerprint density at radius 3 is 2.40 bits per heavy atom. The molecule has 0 fully saturated rings. The number of carbonyl (C=O) groups excluding carboxylic acids is 2. The molecule has 0 amide bonds. The van der Waals surface area contributed by atoms with Crippen LogP contribution in [-0.2, 0) is 20.2 Å². The van der Waals surface area contributed by atoms with Gasteiger partial charge < -0.3 is 14.2 Å². The molecule has 0 heterocycles. The summed E-state index contributed by atoms with van der Waals surface area (Å²) in [5.74, 6) is -6.54. The smallest absolute Gasteiger partial charge is 0.382 e. The van der Waals surface area contributed by atoms with Gasteiger partial charge in [-0.2, -0.15) is 8.78 Å². The van der Waals surface area contributed by atoms with E-state index in [1.54, 1.807) is 0 Å². The van der Waals surface area contributed by atoms with Gasteiger partial charge in [-0.05, 0) is 25.1 Å². The molecule has 0 aliphatic heterocycles. The van der Waals surface area contributed by atoms with E-state index in [1.165, 1.54) is 6.92 Å². The molecule has 0 saturated heterocycles. The third-order valence-corrected chi connectivity index (χ3v) is 2.49. The van der Waals surface area contributed by atoms with E-state index in [9.17, 15) is 18.4 Å². The lowest BCUT2D eigenvalue weighted by Crippen LogP contribution is -2.29. The molecule has 0 aliphatic rings. The number of benzene rings is 1. The van der Waals surface area contributed by atoms with Gasteiger partial charge in [-0.25, -0.2) is 9.59 Å². The first-order chi connectivity index (χ1) is 9.38. The van der Waals surface area contributed by atoms with Crippen LogP contribution in [0.1, 0.15) is 22.8 Å². The summed E-state index contributed by atoms with van der Waals surface area (Å²) in [5, 5.41) is 0. The molecule has 1 aromatic carbocycles. The second-order valence-electron chi connectivity index (χ2n) is 3.70. The fourth-order valence-corrected chi connectivity index (χ4v) is 1.53. The SMILES string of the molecule is CCOC(=O)C(F)(F)c1ccc(C(=O)OC)cc1OC. The molecule has 1 aromatic rings. The average molecular weight is 288 g/mol. The number of hydrogen-bond donors (Lipinski definition) is 0. The summed E-state index contributed by atoms with van der Waals surface area (Å²) in [6.07, 6.45) is 0. The molecular formula is C13H14F2O5. The van der Waals surface area contributed by atoms with Gasteiger partial charge in [0, 0.05) is 0 Å². The van der Waals surface area contributed by atoms with Crippen molar-refractivity contribution in [2.24, 2.45) is 0 Å². The monoisotopic (exact) mass is 288 g/mol. The minimum Gasteiger partial charge on any atom is -0.496 e. The maximum Gasteiger partial charge on any atom is 0.382 e. The van der Waals surface area contributed by atoms with Gasteiger partial charge in [-0.1, -0.05) is 0 Å². The van der Waals surface area contributed by atoms with Crippen LogP contribution in [0.5, 0.6) is 5.75 Å². The normalized spacial score (nSPS) is 10.8. The average Bonchev–Trinajstić information content (AvgIpc) is 2.45. The van der Waals surface area contributed by atoms with Crippen molar-refractivity contribution in [3.05, 3.63) is 29.3 Å². The Hall–Kier alpha value is -2.18. The number of ether oxygens (including phenoxy) is 3. The van der Waals surface area contributed by atoms with Crippen molar-refractivity contribution < 1.29 is 32.6 Å². The van der Waals surface area contributed by atoms with Crippen LogP contribution in [0.4, 0.5) is 8.78 Å². The van der Waals surface area contributed by atoms with E-state index in [0.717, 1.165) is 32.4 Å². The van der Waals surface area contributed by atoms with Crippen molar-refractivity contribution in [3.8, 4) is 5.75 Å². The van der Waals surface area contributed by atoms with E-state index >= 15 is 0 Å². The van der Waals surface area contributed by atoms with Crippen LogP contribution >= 0.6 is 0 Å². The van der Waals surface area contributed by atoms with Gasteiger partial charge in [0.2, 0.25) is 0 Å². The third kappa shape index (κ3) is 3.04. The standard InChI is InChI=1S/C13H14F2O5/c1-4-20-12(17)13(14,15)9-6-5-8(11(16)19-3)7-10(9)18-2/h5-7H,4H2,1-3H3. The number of methoxy groups -OCH3 is 2. The van der Waals surface area contributed by atoms with Crippen LogP contribution in [0.2, 0.25) is 0 Å². The zero-order chi connectivity index (χ0) is 15.3. The summed E-state index contributed by atoms with van der Waals surface area (Å²) < 4.78 is 41.5. The van der Waals surface area contributed by atoms with Crippen LogP contribution < -0.4 is 4.74 Å². The number of halogens is 2. The number of esters is 2. The van der Waals surface area contributed by atoms with Gasteiger partial charge in [-0.3, -0.25) is 0 Å². The highest BCUT2D eigenvalue weighted by Gasteiger charge is 2.45. The van der Waals surface area contributed by atoms with Crippen molar-refractivity contribution in [2.75, 3.05) is 20.8 Å². The second-order valence-corrected chi connectivity index (χ2v) is 3.70. The van der Waals surface area contributed by atoms with Gasteiger partial charge in [0.25, 0.3) is 0 Å². The highest BCUT2D eigenvalue weighted by Crippen LogP contribution is 2.36. The Morgan fingerprint density at radius 1 is 1.25 bits per heavy atom. The maximum absolute atomic E-state index is 13.9. The number of carbonyl (C=O) groups is 2. The maximum atomic E-state index is 13.9. The summed E-state index contributed by atoms with van der Waals surface area (Å²) >= 11 is 0. The first kappa shape index (κ1) is 15.9. The lowest BCUT2D eigenvalue weighted by molar-refractivity contribution is -0.173. The molecule has 0 atom stereocenters. The van der Waals surface area contributed by atoms with Crippen LogP contribution in [-0.4, -0.2) is 32.8 Å². The minimum atomic E-state index is -3.87. The lowest BCUT2D eigenvalue weighted by atomic mass is 10.0. The second kappa shape index (κ2) is 6.31. The van der Waals surface area contributed by atoms with Gasteiger partial charge in [0.15, 0.2) is 0 Å². The summed E-state index contributed by atoms with van der Waals surface area (Å²) in [4.78, 5) is 22.6. The first-order valence-electron chi connectivity index (χ1n) is 5.70. The van der Waals surface area contributed by atoms with E-state index in [-0.39, 0.29) is 17.9 Å². The van der Waals surface area contributed by atoms with Crippen LogP contribution in [0.25, 0.3) is 0 Å². The number of rotatable bonds is 5. The molecule has 0 radical (unpaired) electrons. The van der Waals surface area contributed by atoms with Crippen LogP contribution in [0, 0.1) is 0 Å². The fraction of sp³-hybridized carbons (Fsp3) is 0.385. The molecule has 0 aromatic heterocycles. The first-order valence-corrected chi connectivity index (χ1v) is 5.70. The molecule has 20 heavy (non-hydrogen) atoms. The largest absolute Gasteiger partial charge is 0.496 e. The quantitative estimate of drug-likeness (QED) is 0.777. The van der Waals surface area contributed by atoms with Crippen molar-refractivity contribution in [1.82, 2.24) is 0 Å². The highest BCUT2D eigenvalue weighted by molar-refractivity contribution is 5.90. The molecule has 110 valence electrons. The Kier molecular flexibility index (Phi) is 5.01. The molecule has 0 spiro atoms. The van der Waals surface area contributed by atoms with E-state index in [2.05, 4.69) is 9.47 Å². The fourth-order valence-electron chi connectivity index (χ4n) is 1.53. The Bertz CT molecular complexity index is 513. The number of alkyl halides is 2. The van der Waals surface area contributed by atoms with E-state index in [4.69, 9.17) is 4.74 Å². The highest BCUT2D eigenvalue weighted by atomic mass is 19.3. The molecule has 0 unspecified atom stereocenters. The van der Waals surface area contributed by atoms with Crippen LogP contribution in [0.15, 0.2) is 18.2 Å². The summed E-state index contributed by atoms with van der Waals surface area (Å²) in [6, 6.07) is 3.13. The Balaban J connectivity index is 3.25. The van der Waals surface area contributed by atoms with Gasteiger partial charge >= 0.3 is 17.9 Å². The van der Waals surface area contributed by atoms with E-state index in [0.29, 0.717) is 0 Å². The Labute approximate surface area is 114 Å². The molecule has 0 bridgehead atoms. The van der Waals surface area contributed by atoms with Crippen molar-refractivity contribution >= 4 is 11.9 Å². The summed E-state index contributed by atoms with van der Waals surface area (Å²) in [5.41, 5.74) is -0.640. The van der Waals surface area contributed by atoms with Crippen LogP contribution in [0.3, 0.4) is 0 Å². The van der Waals surface area contributed by atoms with E-state index < -0.39 is 23.4 Å². The molecule has 0 saturated carbocycles. The molecule has 0 N–H and O–H groups in total. The molecule has 5 nitrogen and oxygen atoms in total. The van der Waals surface area contributed by atoms with E-state index in [1.807, 2.05) is 0 Å². The lowest BCUT2D eigenvalue weighted by Gasteiger charge is -2.18. The number of hydrogen-bond acceptors (Lipinski definition) is 5. The van der Waals surface area contributed by atoms with Crippen molar-refractivity contribution in [3.63, 3.8) is 0 Å². The molecular weight excluding hydrogens is 274 g/mol. The third-order valence-electron chi connectivity index (χ3n) is 2.49. The minimum absolute atomic E-state index is 0.0350. The summed E-state index contributed by atoms with van der Waals surface area (Å²) in [7, 11) is 2.32. The van der Waals surface area contributed by atoms with Gasteiger partial charge in [0.1, 0.15) is 5.75 Å². The van der Waals surface area contributed by atoms with Gasteiger partial charge in [-0.15, -0.1) is 0 Å². The molecule has 1 rings (SSSR count).